The van der Waals surface area contributed by atoms with Gasteiger partial charge >= 0.3 is 5.97 Å². The quantitative estimate of drug-likeness (QED) is 0.783. The molecule has 0 radical (unpaired) electrons. The topological polar surface area (TPSA) is 80.9 Å². The lowest BCUT2D eigenvalue weighted by molar-refractivity contribution is 0.0689. The van der Waals surface area contributed by atoms with Gasteiger partial charge in [-0.2, -0.15) is 9.90 Å². The third-order valence-corrected chi connectivity index (χ3v) is 1.79. The minimum atomic E-state index is -1.08. The van der Waals surface area contributed by atoms with Crippen molar-refractivity contribution < 1.29 is 9.90 Å². The molecule has 2 aromatic heterocycles. The van der Waals surface area contributed by atoms with Crippen molar-refractivity contribution in [2.24, 2.45) is 0 Å². The van der Waals surface area contributed by atoms with Gasteiger partial charge in [-0.1, -0.05) is 6.07 Å². The molecular formula is C9H8N4O2. The van der Waals surface area contributed by atoms with E-state index in [2.05, 4.69) is 15.2 Å². The van der Waals surface area contributed by atoms with Crippen LogP contribution < -0.4 is 0 Å². The first-order valence-corrected chi connectivity index (χ1v) is 4.29. The maximum absolute atomic E-state index is 10.5. The van der Waals surface area contributed by atoms with Crippen LogP contribution in [0.3, 0.4) is 0 Å². The minimum absolute atomic E-state index is 0.0640. The van der Waals surface area contributed by atoms with Gasteiger partial charge in [-0.25, -0.2) is 4.79 Å². The van der Waals surface area contributed by atoms with Crippen molar-refractivity contribution in [2.45, 2.75) is 6.54 Å². The maximum Gasteiger partial charge on any atom is 0.358 e. The third kappa shape index (κ3) is 2.16. The summed E-state index contributed by atoms with van der Waals surface area (Å²) in [5, 5.41) is 16.2. The van der Waals surface area contributed by atoms with E-state index in [0.717, 1.165) is 5.69 Å². The largest absolute Gasteiger partial charge is 0.476 e. The van der Waals surface area contributed by atoms with E-state index in [9.17, 15) is 4.79 Å². The molecule has 76 valence electrons. The molecule has 0 spiro atoms. The number of hydrogen-bond donors (Lipinski definition) is 1. The van der Waals surface area contributed by atoms with Crippen molar-refractivity contribution in [1.82, 2.24) is 20.0 Å². The molecule has 0 atom stereocenters. The summed E-state index contributed by atoms with van der Waals surface area (Å²) in [6.07, 6.45) is 2.88. The normalized spacial score (nSPS) is 10.1. The van der Waals surface area contributed by atoms with Crippen LogP contribution in [0.4, 0.5) is 0 Å². The molecule has 0 saturated carbocycles. The molecule has 0 amide bonds. The van der Waals surface area contributed by atoms with Crippen LogP contribution in [0, 0.1) is 0 Å². The number of aromatic carboxylic acids is 1. The van der Waals surface area contributed by atoms with Crippen LogP contribution in [-0.4, -0.2) is 31.1 Å². The van der Waals surface area contributed by atoms with Crippen LogP contribution in [0.2, 0.25) is 0 Å². The second-order valence-electron chi connectivity index (χ2n) is 2.89. The number of pyridine rings is 1. The molecule has 0 aromatic carbocycles. The average molecular weight is 204 g/mol. The number of hydrogen-bond acceptors (Lipinski definition) is 4. The Morgan fingerprint density at radius 1 is 1.47 bits per heavy atom. The van der Waals surface area contributed by atoms with Gasteiger partial charge in [0.05, 0.1) is 11.9 Å². The molecule has 15 heavy (non-hydrogen) atoms. The van der Waals surface area contributed by atoms with Crippen LogP contribution in [0.5, 0.6) is 0 Å². The highest BCUT2D eigenvalue weighted by Gasteiger charge is 2.08. The molecular weight excluding hydrogens is 196 g/mol. The molecule has 0 aliphatic carbocycles. The first kappa shape index (κ1) is 9.32. The van der Waals surface area contributed by atoms with Gasteiger partial charge in [0, 0.05) is 6.20 Å². The average Bonchev–Trinajstić information content (AvgIpc) is 2.68. The second-order valence-corrected chi connectivity index (χ2v) is 2.89. The zero-order valence-corrected chi connectivity index (χ0v) is 7.74. The first-order chi connectivity index (χ1) is 7.25. The van der Waals surface area contributed by atoms with Crippen molar-refractivity contribution in [3.63, 3.8) is 0 Å². The van der Waals surface area contributed by atoms with Gasteiger partial charge in [0.1, 0.15) is 6.54 Å². The van der Waals surface area contributed by atoms with Crippen LogP contribution >= 0.6 is 0 Å². The monoisotopic (exact) mass is 204 g/mol. The van der Waals surface area contributed by atoms with E-state index in [4.69, 9.17) is 5.11 Å². The van der Waals surface area contributed by atoms with E-state index in [1.165, 1.54) is 11.0 Å². The summed E-state index contributed by atoms with van der Waals surface area (Å²) in [6.45, 7) is 0.369. The van der Waals surface area contributed by atoms with Crippen LogP contribution in [0.1, 0.15) is 16.2 Å². The van der Waals surface area contributed by atoms with E-state index < -0.39 is 5.97 Å². The Kier molecular flexibility index (Phi) is 2.40. The molecule has 6 nitrogen and oxygen atoms in total. The molecule has 6 heteroatoms. The SMILES string of the molecule is O=C(O)c1cnn(Cc2ccccn2)n1. The Balaban J connectivity index is 2.15. The Hall–Kier alpha value is -2.24. The number of nitrogens with zero attached hydrogens (tertiary/aromatic N) is 4. The second kappa shape index (κ2) is 3.87. The summed E-state index contributed by atoms with van der Waals surface area (Å²) in [6, 6.07) is 5.48. The lowest BCUT2D eigenvalue weighted by Crippen LogP contribution is -2.06. The molecule has 2 aromatic rings. The summed E-state index contributed by atoms with van der Waals surface area (Å²) >= 11 is 0. The first-order valence-electron chi connectivity index (χ1n) is 4.29. The van der Waals surface area contributed by atoms with E-state index in [-0.39, 0.29) is 5.69 Å². The highest BCUT2D eigenvalue weighted by Crippen LogP contribution is 1.97. The lowest BCUT2D eigenvalue weighted by Gasteiger charge is -1.97. The van der Waals surface area contributed by atoms with Gasteiger partial charge in [0.25, 0.3) is 0 Å². The van der Waals surface area contributed by atoms with Crippen LogP contribution in [0.15, 0.2) is 30.6 Å². The smallest absolute Gasteiger partial charge is 0.358 e. The summed E-state index contributed by atoms with van der Waals surface area (Å²) in [5.41, 5.74) is 0.718. The van der Waals surface area contributed by atoms with Crippen LogP contribution in [0.25, 0.3) is 0 Å². The molecule has 1 N–H and O–H groups in total. The van der Waals surface area contributed by atoms with Crippen molar-refractivity contribution in [1.29, 1.82) is 0 Å². The lowest BCUT2D eigenvalue weighted by atomic mass is 10.4. The molecule has 2 rings (SSSR count). The highest BCUT2D eigenvalue weighted by atomic mass is 16.4. The van der Waals surface area contributed by atoms with E-state index in [1.54, 1.807) is 6.20 Å². The predicted molar refractivity (Wildman–Crippen MR) is 50.3 cm³/mol. The summed E-state index contributed by atoms with van der Waals surface area (Å²) < 4.78 is 0. The standard InChI is InChI=1S/C9H8N4O2/c14-9(15)8-5-11-13(12-8)6-7-3-1-2-4-10-7/h1-5H,6H2,(H,14,15). The number of carboxylic acid groups (broad SMARTS) is 1. The summed E-state index contributed by atoms with van der Waals surface area (Å²) in [4.78, 5) is 15.9. The Morgan fingerprint density at radius 3 is 2.93 bits per heavy atom. The van der Waals surface area contributed by atoms with Gasteiger partial charge in [0.15, 0.2) is 5.69 Å². The Bertz CT molecular complexity index is 466. The van der Waals surface area contributed by atoms with Crippen molar-refractivity contribution in [3.8, 4) is 0 Å². The number of rotatable bonds is 3. The Morgan fingerprint density at radius 2 is 2.33 bits per heavy atom. The molecule has 0 bridgehead atoms. The van der Waals surface area contributed by atoms with Gasteiger partial charge in [-0.3, -0.25) is 4.98 Å². The number of carbonyl (C=O) groups is 1. The number of aromatic nitrogens is 4. The fourth-order valence-corrected chi connectivity index (χ4v) is 1.11. The zero-order chi connectivity index (χ0) is 10.7. The van der Waals surface area contributed by atoms with E-state index in [0.29, 0.717) is 6.54 Å². The highest BCUT2D eigenvalue weighted by molar-refractivity contribution is 5.84. The number of carboxylic acids is 1. The fraction of sp³-hybridized carbons (Fsp3) is 0.111. The van der Waals surface area contributed by atoms with Gasteiger partial charge in [-0.05, 0) is 12.1 Å². The molecule has 0 fully saturated rings. The van der Waals surface area contributed by atoms with E-state index in [1.807, 2.05) is 18.2 Å². The predicted octanol–water partition coefficient (Wildman–Crippen LogP) is 0.420. The van der Waals surface area contributed by atoms with Gasteiger partial charge in [0.2, 0.25) is 0 Å². The van der Waals surface area contributed by atoms with Gasteiger partial charge < -0.3 is 5.11 Å². The van der Waals surface area contributed by atoms with Crippen LogP contribution in [-0.2, 0) is 6.54 Å². The summed E-state index contributed by atoms with van der Waals surface area (Å²) in [5.74, 6) is -1.08. The maximum atomic E-state index is 10.5. The molecule has 0 unspecified atom stereocenters. The van der Waals surface area contributed by atoms with Crippen molar-refractivity contribution in [2.75, 3.05) is 0 Å². The zero-order valence-electron chi connectivity index (χ0n) is 7.74. The molecule has 0 aliphatic rings. The van der Waals surface area contributed by atoms with Crippen molar-refractivity contribution >= 4 is 5.97 Å². The van der Waals surface area contributed by atoms with Gasteiger partial charge in [-0.15, -0.1) is 5.10 Å². The van der Waals surface area contributed by atoms with E-state index >= 15 is 0 Å². The summed E-state index contributed by atoms with van der Waals surface area (Å²) in [7, 11) is 0. The fourth-order valence-electron chi connectivity index (χ4n) is 1.11. The Labute approximate surface area is 85.2 Å². The molecule has 0 saturated heterocycles. The van der Waals surface area contributed by atoms with Crippen molar-refractivity contribution in [3.05, 3.63) is 42.0 Å². The molecule has 2 heterocycles. The molecule has 0 aliphatic heterocycles. The third-order valence-electron chi connectivity index (χ3n) is 1.79. The minimum Gasteiger partial charge on any atom is -0.476 e.